The average Bonchev–Trinajstić information content (AvgIpc) is 3.10. The number of likely N-dealkylation sites (tertiary alicyclic amines) is 1. The summed E-state index contributed by atoms with van der Waals surface area (Å²) in [5.74, 6) is -2.79. The lowest BCUT2D eigenvalue weighted by atomic mass is 10.1. The normalized spacial score (nSPS) is 17.1. The van der Waals surface area contributed by atoms with Gasteiger partial charge in [-0.2, -0.15) is 0 Å². The molecule has 1 heterocycles. The van der Waals surface area contributed by atoms with Gasteiger partial charge in [0.15, 0.2) is 6.61 Å². The molecule has 2 aromatic rings. The Morgan fingerprint density at radius 2 is 2.00 bits per heavy atom. The molecule has 0 saturated carbocycles. The molecule has 8 heteroatoms. The van der Waals surface area contributed by atoms with Crippen molar-refractivity contribution in [1.82, 2.24) is 4.90 Å². The molecule has 2 amide bonds. The fourth-order valence-corrected chi connectivity index (χ4v) is 3.37. The Hall–Kier alpha value is -2.93. The Morgan fingerprint density at radius 3 is 2.69 bits per heavy atom. The zero-order chi connectivity index (χ0) is 21.0. The number of anilines is 1. The third-order valence-electron chi connectivity index (χ3n) is 4.79. The summed E-state index contributed by atoms with van der Waals surface area (Å²) in [6, 6.07) is 13.2. The van der Waals surface area contributed by atoms with E-state index in [2.05, 4.69) is 5.32 Å². The quantitative estimate of drug-likeness (QED) is 0.728. The van der Waals surface area contributed by atoms with Crippen LogP contribution in [0.2, 0.25) is 5.02 Å². The summed E-state index contributed by atoms with van der Waals surface area (Å²) < 4.78 is 18.7. The molecule has 1 fully saturated rings. The van der Waals surface area contributed by atoms with Crippen LogP contribution < -0.4 is 5.32 Å². The van der Waals surface area contributed by atoms with Crippen LogP contribution in [0.4, 0.5) is 10.1 Å². The minimum absolute atomic E-state index is 0.0312. The van der Waals surface area contributed by atoms with Crippen molar-refractivity contribution < 1.29 is 23.5 Å². The van der Waals surface area contributed by atoms with Crippen LogP contribution in [0.1, 0.15) is 24.9 Å². The Labute approximate surface area is 172 Å². The Kier molecular flexibility index (Phi) is 6.49. The second-order valence-corrected chi connectivity index (χ2v) is 7.25. The van der Waals surface area contributed by atoms with Gasteiger partial charge in [-0.25, -0.2) is 4.39 Å². The number of halogens is 2. The highest BCUT2D eigenvalue weighted by Gasteiger charge is 2.38. The number of carbonyl (C=O) groups is 3. The first kappa shape index (κ1) is 20.8. The first-order valence-corrected chi connectivity index (χ1v) is 9.49. The summed E-state index contributed by atoms with van der Waals surface area (Å²) in [5.41, 5.74) is 0.911. The number of nitrogens with one attached hydrogen (secondary N) is 1. The van der Waals surface area contributed by atoms with Crippen molar-refractivity contribution in [2.24, 2.45) is 5.92 Å². The molecule has 1 N–H and O–H groups in total. The standard InChI is InChI=1S/C21H20ClFN2O4/c1-13(14-5-3-2-4-6-14)25-11-15(9-20(25)27)21(28)29-12-19(26)24-18-8-7-16(22)10-17(18)23/h2-8,10,13,15H,9,11-12H2,1H3,(H,24,26)/t13-,15+/m0/s1. The maximum Gasteiger partial charge on any atom is 0.311 e. The van der Waals surface area contributed by atoms with Gasteiger partial charge in [0.2, 0.25) is 5.91 Å². The lowest BCUT2D eigenvalue weighted by Crippen LogP contribution is -2.30. The lowest BCUT2D eigenvalue weighted by molar-refractivity contribution is -0.151. The average molecular weight is 419 g/mol. The van der Waals surface area contributed by atoms with E-state index >= 15 is 0 Å². The van der Waals surface area contributed by atoms with E-state index in [0.717, 1.165) is 11.6 Å². The monoisotopic (exact) mass is 418 g/mol. The molecule has 6 nitrogen and oxygen atoms in total. The zero-order valence-electron chi connectivity index (χ0n) is 15.7. The summed E-state index contributed by atoms with van der Waals surface area (Å²) in [6.45, 7) is 1.55. The summed E-state index contributed by atoms with van der Waals surface area (Å²) in [7, 11) is 0. The first-order valence-electron chi connectivity index (χ1n) is 9.11. The van der Waals surface area contributed by atoms with Crippen LogP contribution in [0, 0.1) is 11.7 Å². The Bertz CT molecular complexity index is 922. The van der Waals surface area contributed by atoms with E-state index < -0.39 is 30.2 Å². The van der Waals surface area contributed by atoms with Crippen LogP contribution in [0.3, 0.4) is 0 Å². The maximum absolute atomic E-state index is 13.7. The van der Waals surface area contributed by atoms with Crippen LogP contribution in [-0.2, 0) is 19.1 Å². The molecule has 0 bridgehead atoms. The number of amides is 2. The Morgan fingerprint density at radius 1 is 1.28 bits per heavy atom. The van der Waals surface area contributed by atoms with Crippen LogP contribution >= 0.6 is 11.6 Å². The summed E-state index contributed by atoms with van der Waals surface area (Å²) in [5, 5.41) is 2.51. The number of benzene rings is 2. The molecule has 0 unspecified atom stereocenters. The third kappa shape index (κ3) is 5.12. The highest BCUT2D eigenvalue weighted by molar-refractivity contribution is 6.30. The van der Waals surface area contributed by atoms with Gasteiger partial charge in [-0.05, 0) is 30.7 Å². The third-order valence-corrected chi connectivity index (χ3v) is 5.03. The molecular weight excluding hydrogens is 399 g/mol. The molecule has 2 atom stereocenters. The van der Waals surface area contributed by atoms with E-state index in [0.29, 0.717) is 0 Å². The molecule has 1 aliphatic heterocycles. The van der Waals surface area contributed by atoms with E-state index in [9.17, 15) is 18.8 Å². The highest BCUT2D eigenvalue weighted by atomic mass is 35.5. The molecule has 2 aromatic carbocycles. The predicted octanol–water partition coefficient (Wildman–Crippen LogP) is 3.57. The number of esters is 1. The number of hydrogen-bond donors (Lipinski definition) is 1. The number of ether oxygens (including phenoxy) is 1. The number of rotatable bonds is 6. The molecule has 152 valence electrons. The largest absolute Gasteiger partial charge is 0.455 e. The fraction of sp³-hybridized carbons (Fsp3) is 0.286. The van der Waals surface area contributed by atoms with Crippen LogP contribution in [-0.4, -0.2) is 35.8 Å². The van der Waals surface area contributed by atoms with Crippen LogP contribution in [0.15, 0.2) is 48.5 Å². The van der Waals surface area contributed by atoms with E-state index in [1.807, 2.05) is 37.3 Å². The van der Waals surface area contributed by atoms with Crippen LogP contribution in [0.5, 0.6) is 0 Å². The topological polar surface area (TPSA) is 75.7 Å². The van der Waals surface area contributed by atoms with Crippen molar-refractivity contribution >= 4 is 35.1 Å². The van der Waals surface area contributed by atoms with Gasteiger partial charge in [0.1, 0.15) is 5.82 Å². The van der Waals surface area contributed by atoms with Crippen molar-refractivity contribution in [1.29, 1.82) is 0 Å². The van der Waals surface area contributed by atoms with Gasteiger partial charge in [0.25, 0.3) is 5.91 Å². The van der Waals surface area contributed by atoms with Crippen molar-refractivity contribution in [2.75, 3.05) is 18.5 Å². The van der Waals surface area contributed by atoms with Crippen molar-refractivity contribution in [3.8, 4) is 0 Å². The summed E-state index contributed by atoms with van der Waals surface area (Å²) in [6.07, 6.45) is 0.0312. The highest BCUT2D eigenvalue weighted by Crippen LogP contribution is 2.29. The summed E-state index contributed by atoms with van der Waals surface area (Å²) >= 11 is 5.66. The second-order valence-electron chi connectivity index (χ2n) is 6.81. The molecule has 0 spiro atoms. The predicted molar refractivity (Wildman–Crippen MR) is 106 cm³/mol. The number of nitrogens with zero attached hydrogens (tertiary/aromatic N) is 1. The molecule has 1 saturated heterocycles. The molecule has 0 radical (unpaired) electrons. The van der Waals surface area contributed by atoms with Gasteiger partial charge < -0.3 is 15.0 Å². The minimum atomic E-state index is -0.691. The second kappa shape index (κ2) is 9.05. The zero-order valence-corrected chi connectivity index (χ0v) is 16.5. The van der Waals surface area contributed by atoms with E-state index in [1.54, 1.807) is 4.90 Å². The van der Waals surface area contributed by atoms with E-state index in [1.165, 1.54) is 12.1 Å². The number of carbonyl (C=O) groups excluding carboxylic acids is 3. The molecule has 0 aromatic heterocycles. The first-order chi connectivity index (χ1) is 13.8. The maximum atomic E-state index is 13.7. The smallest absolute Gasteiger partial charge is 0.311 e. The molecule has 29 heavy (non-hydrogen) atoms. The fourth-order valence-electron chi connectivity index (χ4n) is 3.21. The summed E-state index contributed by atoms with van der Waals surface area (Å²) in [4.78, 5) is 38.2. The minimum Gasteiger partial charge on any atom is -0.455 e. The van der Waals surface area contributed by atoms with Gasteiger partial charge in [-0.15, -0.1) is 0 Å². The lowest BCUT2D eigenvalue weighted by Gasteiger charge is -2.25. The van der Waals surface area contributed by atoms with Gasteiger partial charge in [0, 0.05) is 18.0 Å². The van der Waals surface area contributed by atoms with Crippen molar-refractivity contribution in [3.63, 3.8) is 0 Å². The van der Waals surface area contributed by atoms with Gasteiger partial charge >= 0.3 is 5.97 Å². The van der Waals surface area contributed by atoms with E-state index in [-0.39, 0.29) is 35.6 Å². The SMILES string of the molecule is C[C@@H](c1ccccc1)N1C[C@H](C(=O)OCC(=O)Nc2ccc(Cl)cc2F)CC1=O. The van der Waals surface area contributed by atoms with E-state index in [4.69, 9.17) is 16.3 Å². The van der Waals surface area contributed by atoms with Crippen molar-refractivity contribution in [3.05, 3.63) is 64.9 Å². The molecule has 1 aliphatic rings. The van der Waals surface area contributed by atoms with Crippen molar-refractivity contribution in [2.45, 2.75) is 19.4 Å². The van der Waals surface area contributed by atoms with Gasteiger partial charge in [-0.1, -0.05) is 41.9 Å². The Balaban J connectivity index is 1.52. The molecular formula is C21H20ClFN2O4. The molecule has 0 aliphatic carbocycles. The van der Waals surface area contributed by atoms with Gasteiger partial charge in [0.05, 0.1) is 17.6 Å². The van der Waals surface area contributed by atoms with Gasteiger partial charge in [-0.3, -0.25) is 14.4 Å². The number of hydrogen-bond acceptors (Lipinski definition) is 4. The molecule has 3 rings (SSSR count). The van der Waals surface area contributed by atoms with Crippen LogP contribution in [0.25, 0.3) is 0 Å².